The van der Waals surface area contributed by atoms with Gasteiger partial charge in [0.05, 0.1) is 6.42 Å². The van der Waals surface area contributed by atoms with Crippen LogP contribution < -0.4 is 0 Å². The van der Waals surface area contributed by atoms with Crippen LogP contribution in [0.4, 0.5) is 0 Å². The van der Waals surface area contributed by atoms with E-state index in [1.807, 2.05) is 13.8 Å². The van der Waals surface area contributed by atoms with E-state index in [9.17, 15) is 4.79 Å². The molecule has 0 aliphatic rings. The van der Waals surface area contributed by atoms with Crippen molar-refractivity contribution in [2.75, 3.05) is 19.6 Å². The molecular weight excluding hydrogens is 166 g/mol. The Kier molecular flexibility index (Phi) is 9.47. The Morgan fingerprint density at radius 2 is 1.82 bits per heavy atom. The molecule has 0 aromatic rings. The first-order chi connectivity index (χ1) is 4.70. The Morgan fingerprint density at radius 1 is 1.36 bits per heavy atom. The molecule has 68 valence electrons. The molecule has 0 aliphatic carbocycles. The normalized spacial score (nSPS) is 9.36. The van der Waals surface area contributed by atoms with Crippen molar-refractivity contribution in [1.29, 1.82) is 0 Å². The van der Waals surface area contributed by atoms with Crippen LogP contribution in [0, 0.1) is 0 Å². The zero-order chi connectivity index (χ0) is 7.98. The van der Waals surface area contributed by atoms with E-state index < -0.39 is 5.97 Å². The highest BCUT2D eigenvalue weighted by atomic mass is 35.5. The maximum absolute atomic E-state index is 10.1. The van der Waals surface area contributed by atoms with Crippen LogP contribution in [0.15, 0.2) is 0 Å². The third kappa shape index (κ3) is 7.62. The monoisotopic (exact) mass is 181 g/mol. The van der Waals surface area contributed by atoms with E-state index in [0.717, 1.165) is 13.1 Å². The largest absolute Gasteiger partial charge is 0.481 e. The Morgan fingerprint density at radius 3 is 2.09 bits per heavy atom. The smallest absolute Gasteiger partial charge is 0.304 e. The highest BCUT2D eigenvalue weighted by molar-refractivity contribution is 5.85. The Hall–Kier alpha value is -0.280. The quantitative estimate of drug-likeness (QED) is 0.694. The summed E-state index contributed by atoms with van der Waals surface area (Å²) in [5.74, 6) is -0.716. The van der Waals surface area contributed by atoms with Crippen molar-refractivity contribution in [2.24, 2.45) is 0 Å². The second-order valence-corrected chi connectivity index (χ2v) is 2.17. The minimum absolute atomic E-state index is 0. The Balaban J connectivity index is 0. The first-order valence-electron chi connectivity index (χ1n) is 3.64. The topological polar surface area (TPSA) is 40.5 Å². The number of hydrogen-bond acceptors (Lipinski definition) is 2. The van der Waals surface area contributed by atoms with Crippen molar-refractivity contribution < 1.29 is 9.90 Å². The molecule has 0 heterocycles. The van der Waals surface area contributed by atoms with Crippen LogP contribution in [-0.2, 0) is 4.79 Å². The maximum Gasteiger partial charge on any atom is 0.304 e. The van der Waals surface area contributed by atoms with E-state index in [0.29, 0.717) is 6.54 Å². The Bertz CT molecular complexity index is 105. The number of carboxylic acids is 1. The fraction of sp³-hybridized carbons (Fsp3) is 0.857. The molecule has 0 spiro atoms. The first-order valence-corrected chi connectivity index (χ1v) is 3.64. The number of carbonyl (C=O) groups is 1. The van der Waals surface area contributed by atoms with Crippen LogP contribution in [0.3, 0.4) is 0 Å². The summed E-state index contributed by atoms with van der Waals surface area (Å²) in [6, 6.07) is 0. The van der Waals surface area contributed by atoms with Crippen molar-refractivity contribution in [1.82, 2.24) is 4.90 Å². The Labute approximate surface area is 73.8 Å². The summed E-state index contributed by atoms with van der Waals surface area (Å²) in [4.78, 5) is 12.2. The average Bonchev–Trinajstić information content (AvgIpc) is 1.90. The van der Waals surface area contributed by atoms with Gasteiger partial charge in [-0.05, 0) is 13.1 Å². The second-order valence-electron chi connectivity index (χ2n) is 2.17. The van der Waals surface area contributed by atoms with E-state index in [4.69, 9.17) is 5.11 Å². The highest BCUT2D eigenvalue weighted by Crippen LogP contribution is 1.89. The van der Waals surface area contributed by atoms with Gasteiger partial charge in [-0.3, -0.25) is 4.79 Å². The maximum atomic E-state index is 10.1. The number of rotatable bonds is 5. The van der Waals surface area contributed by atoms with Crippen LogP contribution in [-0.4, -0.2) is 35.6 Å². The summed E-state index contributed by atoms with van der Waals surface area (Å²) >= 11 is 0. The van der Waals surface area contributed by atoms with Crippen molar-refractivity contribution >= 4 is 18.4 Å². The number of nitrogens with zero attached hydrogens (tertiary/aromatic N) is 1. The van der Waals surface area contributed by atoms with Gasteiger partial charge in [0, 0.05) is 6.54 Å². The van der Waals surface area contributed by atoms with Gasteiger partial charge in [-0.25, -0.2) is 0 Å². The van der Waals surface area contributed by atoms with Gasteiger partial charge in [-0.15, -0.1) is 12.4 Å². The molecule has 0 unspecified atom stereocenters. The average molecular weight is 182 g/mol. The molecule has 0 atom stereocenters. The van der Waals surface area contributed by atoms with Gasteiger partial charge in [0.2, 0.25) is 0 Å². The molecule has 1 N–H and O–H groups in total. The fourth-order valence-corrected chi connectivity index (χ4v) is 0.794. The van der Waals surface area contributed by atoms with Crippen LogP contribution in [0.1, 0.15) is 20.3 Å². The SMILES string of the molecule is CCN(CC)CCC(=O)O.Cl. The predicted molar refractivity (Wildman–Crippen MR) is 47.3 cm³/mol. The number of aliphatic carboxylic acids is 1. The van der Waals surface area contributed by atoms with E-state index in [1.165, 1.54) is 0 Å². The zero-order valence-corrected chi connectivity index (χ0v) is 7.86. The lowest BCUT2D eigenvalue weighted by Crippen LogP contribution is -2.25. The van der Waals surface area contributed by atoms with Gasteiger partial charge in [0.15, 0.2) is 0 Å². The van der Waals surface area contributed by atoms with Gasteiger partial charge < -0.3 is 10.0 Å². The van der Waals surface area contributed by atoms with Crippen LogP contribution in [0.25, 0.3) is 0 Å². The molecule has 0 aromatic heterocycles. The summed E-state index contributed by atoms with van der Waals surface area (Å²) < 4.78 is 0. The summed E-state index contributed by atoms with van der Waals surface area (Å²) in [5.41, 5.74) is 0. The lowest BCUT2D eigenvalue weighted by atomic mass is 10.4. The van der Waals surface area contributed by atoms with Crippen molar-refractivity contribution in [3.63, 3.8) is 0 Å². The molecule has 11 heavy (non-hydrogen) atoms. The van der Waals surface area contributed by atoms with Gasteiger partial charge >= 0.3 is 5.97 Å². The third-order valence-electron chi connectivity index (χ3n) is 1.54. The summed E-state index contributed by atoms with van der Waals surface area (Å²) in [7, 11) is 0. The van der Waals surface area contributed by atoms with Gasteiger partial charge in [-0.1, -0.05) is 13.8 Å². The molecule has 0 aromatic carbocycles. The molecule has 0 aliphatic heterocycles. The van der Waals surface area contributed by atoms with Crippen molar-refractivity contribution in [2.45, 2.75) is 20.3 Å². The lowest BCUT2D eigenvalue weighted by molar-refractivity contribution is -0.137. The number of hydrogen-bond donors (Lipinski definition) is 1. The van der Waals surface area contributed by atoms with Crippen molar-refractivity contribution in [3.05, 3.63) is 0 Å². The van der Waals surface area contributed by atoms with Crippen LogP contribution in [0.5, 0.6) is 0 Å². The van der Waals surface area contributed by atoms with Gasteiger partial charge in [-0.2, -0.15) is 0 Å². The minimum Gasteiger partial charge on any atom is -0.481 e. The molecule has 0 rings (SSSR count). The van der Waals surface area contributed by atoms with E-state index in [1.54, 1.807) is 0 Å². The van der Waals surface area contributed by atoms with Crippen LogP contribution in [0.2, 0.25) is 0 Å². The fourth-order valence-electron chi connectivity index (χ4n) is 0.794. The molecule has 0 saturated carbocycles. The molecule has 0 amide bonds. The molecule has 4 heteroatoms. The molecule has 0 bridgehead atoms. The predicted octanol–water partition coefficient (Wildman–Crippen LogP) is 1.22. The standard InChI is InChI=1S/C7H15NO2.ClH/c1-3-8(4-2)6-5-7(9)10;/h3-6H2,1-2H3,(H,9,10);1H. The second kappa shape index (κ2) is 7.82. The number of carboxylic acid groups (broad SMARTS) is 1. The summed E-state index contributed by atoms with van der Waals surface area (Å²) in [6.07, 6.45) is 0.252. The van der Waals surface area contributed by atoms with E-state index >= 15 is 0 Å². The van der Waals surface area contributed by atoms with E-state index in [2.05, 4.69) is 4.90 Å². The van der Waals surface area contributed by atoms with Gasteiger partial charge in [0.1, 0.15) is 0 Å². The first kappa shape index (κ1) is 13.3. The highest BCUT2D eigenvalue weighted by Gasteiger charge is 2.01. The third-order valence-corrected chi connectivity index (χ3v) is 1.54. The lowest BCUT2D eigenvalue weighted by Gasteiger charge is -2.15. The molecular formula is C7H16ClNO2. The minimum atomic E-state index is -0.716. The van der Waals surface area contributed by atoms with Crippen LogP contribution >= 0.6 is 12.4 Å². The van der Waals surface area contributed by atoms with E-state index in [-0.39, 0.29) is 18.8 Å². The molecule has 0 fully saturated rings. The molecule has 0 radical (unpaired) electrons. The van der Waals surface area contributed by atoms with Gasteiger partial charge in [0.25, 0.3) is 0 Å². The summed E-state index contributed by atoms with van der Waals surface area (Å²) in [5, 5.41) is 8.33. The molecule has 0 saturated heterocycles. The van der Waals surface area contributed by atoms with Crippen molar-refractivity contribution in [3.8, 4) is 0 Å². The zero-order valence-electron chi connectivity index (χ0n) is 7.04. The number of halogens is 1. The summed E-state index contributed by atoms with van der Waals surface area (Å²) in [6.45, 7) is 6.60. The molecule has 3 nitrogen and oxygen atoms in total.